The van der Waals surface area contributed by atoms with Crippen LogP contribution in [0, 0.1) is 17.0 Å². The second-order valence-electron chi connectivity index (χ2n) is 5.82. The number of halogens is 1. The lowest BCUT2D eigenvalue weighted by Gasteiger charge is -2.29. The number of benzene rings is 1. The first kappa shape index (κ1) is 18.2. The Balaban J connectivity index is 1.69. The Labute approximate surface area is 154 Å². The number of aromatic nitrogens is 2. The highest BCUT2D eigenvalue weighted by Crippen LogP contribution is 2.29. The molecule has 1 aromatic carbocycles. The topological polar surface area (TPSA) is 103 Å². The van der Waals surface area contributed by atoms with E-state index in [0.29, 0.717) is 29.7 Å². The Hall–Kier alpha value is -2.65. The average molecular weight is 380 g/mol. The largest absolute Gasteiger partial charge is 0.378 e. The number of carbonyl (C=O) groups excluding carboxylic acids is 1. The summed E-state index contributed by atoms with van der Waals surface area (Å²) in [4.78, 5) is 28.7. The number of aryl methyl sites for hydroxylation is 1. The van der Waals surface area contributed by atoms with Crippen molar-refractivity contribution < 1.29 is 14.5 Å². The number of nitrogens with zero attached hydrogens (tertiary/aromatic N) is 4. The van der Waals surface area contributed by atoms with Crippen molar-refractivity contribution >= 4 is 34.7 Å². The van der Waals surface area contributed by atoms with Gasteiger partial charge in [-0.25, -0.2) is 9.55 Å². The summed E-state index contributed by atoms with van der Waals surface area (Å²) in [5, 5.41) is 14.2. The predicted octanol–water partition coefficient (Wildman–Crippen LogP) is 2.23. The van der Waals surface area contributed by atoms with Gasteiger partial charge >= 0.3 is 5.82 Å². The van der Waals surface area contributed by atoms with E-state index in [0.717, 1.165) is 25.0 Å². The van der Waals surface area contributed by atoms with Gasteiger partial charge in [0, 0.05) is 25.7 Å². The van der Waals surface area contributed by atoms with Crippen LogP contribution < -0.4 is 10.2 Å². The SMILES string of the molecule is Cc1ncc([N+](=O)[O-])n1CC(=O)Nc1ccc(N2CCOCC2)c(Cl)c1. The Bertz CT molecular complexity index is 832. The van der Waals surface area contributed by atoms with E-state index in [1.165, 1.54) is 4.57 Å². The molecule has 0 radical (unpaired) electrons. The fraction of sp³-hybridized carbons (Fsp3) is 0.375. The molecule has 2 aromatic rings. The molecule has 1 aromatic heterocycles. The average Bonchev–Trinajstić information content (AvgIpc) is 2.96. The molecule has 138 valence electrons. The standard InChI is InChI=1S/C16H18ClN5O4/c1-11-18-9-16(22(24)25)21(11)10-15(23)19-12-2-3-14(13(17)8-12)20-4-6-26-7-5-20/h2-3,8-9H,4-7,10H2,1H3,(H,19,23). The number of morpholine rings is 1. The lowest BCUT2D eigenvalue weighted by Crippen LogP contribution is -2.36. The number of nitrogens with one attached hydrogen (secondary N) is 1. The van der Waals surface area contributed by atoms with E-state index in [2.05, 4.69) is 15.2 Å². The third-order valence-electron chi connectivity index (χ3n) is 4.11. The number of ether oxygens (including phenoxy) is 1. The predicted molar refractivity (Wildman–Crippen MR) is 96.7 cm³/mol. The second kappa shape index (κ2) is 7.71. The first-order chi connectivity index (χ1) is 12.5. The first-order valence-corrected chi connectivity index (χ1v) is 8.42. The molecule has 26 heavy (non-hydrogen) atoms. The third-order valence-corrected chi connectivity index (χ3v) is 4.41. The molecular formula is C16H18ClN5O4. The van der Waals surface area contributed by atoms with Gasteiger partial charge in [0.15, 0.2) is 12.4 Å². The number of imidazole rings is 1. The second-order valence-corrected chi connectivity index (χ2v) is 6.23. The van der Waals surface area contributed by atoms with Crippen molar-refractivity contribution in [3.8, 4) is 0 Å². The molecule has 1 fully saturated rings. The fourth-order valence-corrected chi connectivity index (χ4v) is 3.09. The number of carbonyl (C=O) groups is 1. The van der Waals surface area contributed by atoms with Gasteiger partial charge in [-0.15, -0.1) is 0 Å². The van der Waals surface area contributed by atoms with Crippen molar-refractivity contribution in [1.82, 2.24) is 9.55 Å². The Morgan fingerprint density at radius 1 is 1.42 bits per heavy atom. The lowest BCUT2D eigenvalue weighted by atomic mass is 10.2. The van der Waals surface area contributed by atoms with Crippen LogP contribution in [0.3, 0.4) is 0 Å². The Kier molecular flexibility index (Phi) is 5.38. The van der Waals surface area contributed by atoms with Crippen molar-refractivity contribution in [1.29, 1.82) is 0 Å². The van der Waals surface area contributed by atoms with Crippen molar-refractivity contribution in [2.45, 2.75) is 13.5 Å². The number of nitro groups is 1. The molecule has 3 rings (SSSR count). The van der Waals surface area contributed by atoms with Crippen LogP contribution in [0.25, 0.3) is 0 Å². The van der Waals surface area contributed by atoms with Crippen LogP contribution in [0.5, 0.6) is 0 Å². The van der Waals surface area contributed by atoms with Crippen LogP contribution in [-0.2, 0) is 16.1 Å². The molecule has 0 saturated carbocycles. The zero-order chi connectivity index (χ0) is 18.7. The normalized spacial score (nSPS) is 14.3. The van der Waals surface area contributed by atoms with Crippen LogP contribution in [0.2, 0.25) is 5.02 Å². The smallest absolute Gasteiger partial charge is 0.343 e. The number of rotatable bonds is 5. The van der Waals surface area contributed by atoms with Gasteiger partial charge in [-0.05, 0) is 23.1 Å². The fourth-order valence-electron chi connectivity index (χ4n) is 2.79. The molecule has 1 aliphatic rings. The summed E-state index contributed by atoms with van der Waals surface area (Å²) in [5.74, 6) is -0.227. The van der Waals surface area contributed by atoms with E-state index in [1.54, 1.807) is 19.1 Å². The van der Waals surface area contributed by atoms with E-state index >= 15 is 0 Å². The molecule has 1 N–H and O–H groups in total. The molecule has 0 unspecified atom stereocenters. The quantitative estimate of drug-likeness (QED) is 0.631. The Morgan fingerprint density at radius 2 is 2.15 bits per heavy atom. The molecule has 1 saturated heterocycles. The van der Waals surface area contributed by atoms with Crippen molar-refractivity contribution in [2.24, 2.45) is 0 Å². The molecular weight excluding hydrogens is 362 g/mol. The molecule has 0 spiro atoms. The van der Waals surface area contributed by atoms with Crippen LogP contribution in [0.15, 0.2) is 24.4 Å². The highest BCUT2D eigenvalue weighted by Gasteiger charge is 2.20. The maximum atomic E-state index is 12.3. The highest BCUT2D eigenvalue weighted by molar-refractivity contribution is 6.33. The zero-order valence-electron chi connectivity index (χ0n) is 14.1. The van der Waals surface area contributed by atoms with Gasteiger partial charge in [-0.3, -0.25) is 4.79 Å². The van der Waals surface area contributed by atoms with Crippen LogP contribution in [0.1, 0.15) is 5.82 Å². The summed E-state index contributed by atoms with van der Waals surface area (Å²) in [6.45, 7) is 4.22. The lowest BCUT2D eigenvalue weighted by molar-refractivity contribution is -0.392. The molecule has 1 amide bonds. The van der Waals surface area contributed by atoms with E-state index in [1.807, 2.05) is 6.07 Å². The van der Waals surface area contributed by atoms with Gasteiger partial charge < -0.3 is 25.1 Å². The van der Waals surface area contributed by atoms with Crippen LogP contribution >= 0.6 is 11.6 Å². The zero-order valence-corrected chi connectivity index (χ0v) is 14.9. The minimum Gasteiger partial charge on any atom is -0.378 e. The third kappa shape index (κ3) is 3.94. The first-order valence-electron chi connectivity index (χ1n) is 8.04. The number of anilines is 2. The van der Waals surface area contributed by atoms with E-state index in [-0.39, 0.29) is 12.4 Å². The van der Waals surface area contributed by atoms with Gasteiger partial charge in [0.1, 0.15) is 6.20 Å². The van der Waals surface area contributed by atoms with Gasteiger partial charge in [0.2, 0.25) is 0 Å². The summed E-state index contributed by atoms with van der Waals surface area (Å²) < 4.78 is 6.58. The van der Waals surface area contributed by atoms with Gasteiger partial charge in [-0.2, -0.15) is 0 Å². The maximum absolute atomic E-state index is 12.3. The van der Waals surface area contributed by atoms with Crippen molar-refractivity contribution in [2.75, 3.05) is 36.5 Å². The van der Waals surface area contributed by atoms with Crippen LogP contribution in [0.4, 0.5) is 17.2 Å². The highest BCUT2D eigenvalue weighted by atomic mass is 35.5. The minimum absolute atomic E-state index is 0.203. The van der Waals surface area contributed by atoms with E-state index < -0.39 is 10.8 Å². The number of hydrogen-bond acceptors (Lipinski definition) is 6. The summed E-state index contributed by atoms with van der Waals surface area (Å²) >= 11 is 6.34. The van der Waals surface area contributed by atoms with E-state index in [4.69, 9.17) is 16.3 Å². The Morgan fingerprint density at radius 3 is 2.81 bits per heavy atom. The summed E-state index contributed by atoms with van der Waals surface area (Å²) in [6, 6.07) is 5.26. The number of hydrogen-bond donors (Lipinski definition) is 1. The molecule has 2 heterocycles. The van der Waals surface area contributed by atoms with Crippen molar-refractivity contribution in [3.63, 3.8) is 0 Å². The van der Waals surface area contributed by atoms with Crippen molar-refractivity contribution in [3.05, 3.63) is 45.4 Å². The van der Waals surface area contributed by atoms with Crippen LogP contribution in [-0.4, -0.2) is 46.7 Å². The monoisotopic (exact) mass is 379 g/mol. The summed E-state index contributed by atoms with van der Waals surface area (Å²) in [5.41, 5.74) is 1.41. The molecule has 1 aliphatic heterocycles. The van der Waals surface area contributed by atoms with E-state index in [9.17, 15) is 14.9 Å². The molecule has 10 heteroatoms. The maximum Gasteiger partial charge on any atom is 0.343 e. The molecule has 0 aliphatic carbocycles. The molecule has 9 nitrogen and oxygen atoms in total. The summed E-state index contributed by atoms with van der Waals surface area (Å²) in [7, 11) is 0. The minimum atomic E-state index is -0.568. The number of amides is 1. The summed E-state index contributed by atoms with van der Waals surface area (Å²) in [6.07, 6.45) is 1.14. The molecule has 0 atom stereocenters. The van der Waals surface area contributed by atoms with Gasteiger partial charge in [0.05, 0.1) is 23.9 Å². The molecule has 0 bridgehead atoms. The van der Waals surface area contributed by atoms with Gasteiger partial charge in [-0.1, -0.05) is 11.6 Å². The van der Waals surface area contributed by atoms with Gasteiger partial charge in [0.25, 0.3) is 5.91 Å².